The Bertz CT molecular complexity index is 364. The van der Waals surface area contributed by atoms with Crippen LogP contribution in [0.2, 0.25) is 0 Å². The molecule has 0 aromatic carbocycles. The number of anilines is 2. The van der Waals surface area contributed by atoms with Gasteiger partial charge in [0.1, 0.15) is 18.0 Å². The molecular weight excluding hydrogens is 232 g/mol. The smallest absolute Gasteiger partial charge is 0.134 e. The molecule has 2 rings (SSSR count). The van der Waals surface area contributed by atoms with Crippen LogP contribution >= 0.6 is 11.8 Å². The van der Waals surface area contributed by atoms with E-state index in [9.17, 15) is 0 Å². The number of rotatable bonds is 4. The van der Waals surface area contributed by atoms with Crippen LogP contribution in [0.4, 0.5) is 11.6 Å². The summed E-state index contributed by atoms with van der Waals surface area (Å²) in [6.07, 6.45) is 4.08. The van der Waals surface area contributed by atoms with Gasteiger partial charge in [-0.1, -0.05) is 0 Å². The third-order valence-corrected chi connectivity index (χ3v) is 4.04. The predicted octanol–water partition coefficient (Wildman–Crippen LogP) is 2.52. The van der Waals surface area contributed by atoms with Crippen LogP contribution in [-0.4, -0.2) is 34.1 Å². The van der Waals surface area contributed by atoms with Gasteiger partial charge in [0.15, 0.2) is 0 Å². The van der Waals surface area contributed by atoms with Crippen LogP contribution in [0.1, 0.15) is 25.3 Å². The molecule has 1 aromatic rings. The number of nitrogens with zero attached hydrogens (tertiary/aromatic N) is 2. The summed E-state index contributed by atoms with van der Waals surface area (Å²) >= 11 is 2.04. The van der Waals surface area contributed by atoms with Crippen molar-refractivity contribution in [2.24, 2.45) is 0 Å². The van der Waals surface area contributed by atoms with E-state index in [1.807, 2.05) is 11.8 Å². The van der Waals surface area contributed by atoms with E-state index in [4.69, 9.17) is 0 Å². The van der Waals surface area contributed by atoms with Crippen molar-refractivity contribution in [1.29, 1.82) is 0 Å². The number of thioether (sulfide) groups is 1. The van der Waals surface area contributed by atoms with Crippen LogP contribution in [0.5, 0.6) is 0 Å². The lowest BCUT2D eigenvalue weighted by atomic mass is 10.1. The van der Waals surface area contributed by atoms with E-state index in [2.05, 4.69) is 34.4 Å². The van der Waals surface area contributed by atoms with Crippen molar-refractivity contribution < 1.29 is 0 Å². The highest BCUT2D eigenvalue weighted by atomic mass is 32.2. The van der Waals surface area contributed by atoms with Gasteiger partial charge >= 0.3 is 0 Å². The highest BCUT2D eigenvalue weighted by Gasteiger charge is 2.15. The monoisotopic (exact) mass is 252 g/mol. The van der Waals surface area contributed by atoms with Gasteiger partial charge in [-0.3, -0.25) is 0 Å². The minimum atomic E-state index is 0.569. The second-order valence-electron chi connectivity index (χ2n) is 4.26. The Morgan fingerprint density at radius 3 is 2.71 bits per heavy atom. The van der Waals surface area contributed by atoms with Crippen LogP contribution in [0.25, 0.3) is 0 Å². The third kappa shape index (κ3) is 3.25. The molecule has 0 amide bonds. The Labute approximate surface area is 107 Å². The molecule has 0 radical (unpaired) electrons. The zero-order chi connectivity index (χ0) is 12.1. The molecule has 0 atom stereocenters. The Morgan fingerprint density at radius 1 is 1.29 bits per heavy atom. The fraction of sp³-hybridized carbons (Fsp3) is 0.667. The molecule has 17 heavy (non-hydrogen) atoms. The molecule has 0 aliphatic carbocycles. The summed E-state index contributed by atoms with van der Waals surface area (Å²) in [4.78, 5) is 8.60. The normalized spacial score (nSPS) is 16.8. The fourth-order valence-electron chi connectivity index (χ4n) is 1.98. The van der Waals surface area contributed by atoms with Gasteiger partial charge in [-0.2, -0.15) is 11.8 Å². The summed E-state index contributed by atoms with van der Waals surface area (Å²) < 4.78 is 0. The fourth-order valence-corrected chi connectivity index (χ4v) is 3.08. The van der Waals surface area contributed by atoms with Gasteiger partial charge in [-0.15, -0.1) is 0 Å². The number of aromatic nitrogens is 2. The van der Waals surface area contributed by atoms with Crippen LogP contribution in [0.15, 0.2) is 6.33 Å². The molecule has 1 saturated heterocycles. The van der Waals surface area contributed by atoms with Crippen molar-refractivity contribution in [1.82, 2.24) is 9.97 Å². The summed E-state index contributed by atoms with van der Waals surface area (Å²) in [5.41, 5.74) is 1.12. The van der Waals surface area contributed by atoms with Crippen molar-refractivity contribution in [2.75, 3.05) is 28.7 Å². The van der Waals surface area contributed by atoms with Gasteiger partial charge in [0, 0.05) is 18.2 Å². The van der Waals surface area contributed by atoms with Crippen molar-refractivity contribution in [2.45, 2.75) is 32.7 Å². The number of hydrogen-bond acceptors (Lipinski definition) is 5. The van der Waals surface area contributed by atoms with E-state index in [-0.39, 0.29) is 0 Å². The Kier molecular flexibility index (Phi) is 4.48. The zero-order valence-corrected chi connectivity index (χ0v) is 11.3. The highest BCUT2D eigenvalue weighted by Crippen LogP contribution is 2.23. The first kappa shape index (κ1) is 12.5. The summed E-state index contributed by atoms with van der Waals surface area (Å²) in [5.74, 6) is 4.42. The molecule has 0 spiro atoms. The topological polar surface area (TPSA) is 49.8 Å². The van der Waals surface area contributed by atoms with E-state index in [0.717, 1.165) is 23.7 Å². The molecule has 1 aromatic heterocycles. The first-order chi connectivity index (χ1) is 8.31. The quantitative estimate of drug-likeness (QED) is 0.862. The van der Waals surface area contributed by atoms with Gasteiger partial charge < -0.3 is 10.6 Å². The van der Waals surface area contributed by atoms with Crippen molar-refractivity contribution in [3.8, 4) is 0 Å². The molecule has 2 N–H and O–H groups in total. The maximum absolute atomic E-state index is 4.35. The molecule has 5 heteroatoms. The number of nitrogens with one attached hydrogen (secondary N) is 2. The average Bonchev–Trinajstić information content (AvgIpc) is 2.36. The largest absolute Gasteiger partial charge is 0.370 e. The molecule has 0 saturated carbocycles. The second kappa shape index (κ2) is 6.10. The molecule has 0 bridgehead atoms. The maximum Gasteiger partial charge on any atom is 0.134 e. The molecule has 1 aliphatic heterocycles. The van der Waals surface area contributed by atoms with Crippen molar-refractivity contribution in [3.05, 3.63) is 11.9 Å². The standard InChI is InChI=1S/C12H20N4S/c1-3-13-11-9(2)12(15-8-14-11)16-10-4-6-17-7-5-10/h8,10H,3-7H2,1-2H3,(H2,13,14,15,16). The Balaban J connectivity index is 2.06. The summed E-state index contributed by atoms with van der Waals surface area (Å²) in [6.45, 7) is 5.03. The Hall–Kier alpha value is -0.970. The Morgan fingerprint density at radius 2 is 2.00 bits per heavy atom. The van der Waals surface area contributed by atoms with Crippen LogP contribution in [0, 0.1) is 6.92 Å². The van der Waals surface area contributed by atoms with Crippen LogP contribution in [0.3, 0.4) is 0 Å². The van der Waals surface area contributed by atoms with E-state index < -0.39 is 0 Å². The predicted molar refractivity (Wildman–Crippen MR) is 74.9 cm³/mol. The maximum atomic E-state index is 4.35. The van der Waals surface area contributed by atoms with Crippen molar-refractivity contribution >= 4 is 23.4 Å². The molecule has 4 nitrogen and oxygen atoms in total. The van der Waals surface area contributed by atoms with E-state index >= 15 is 0 Å². The lowest BCUT2D eigenvalue weighted by Gasteiger charge is -2.24. The first-order valence-corrected chi connectivity index (χ1v) is 7.36. The minimum Gasteiger partial charge on any atom is -0.370 e. The minimum absolute atomic E-state index is 0.569. The molecule has 1 aliphatic rings. The van der Waals surface area contributed by atoms with Gasteiger partial charge in [-0.05, 0) is 38.2 Å². The van der Waals surface area contributed by atoms with Gasteiger partial charge in [0.05, 0.1) is 0 Å². The zero-order valence-electron chi connectivity index (χ0n) is 10.5. The SMILES string of the molecule is CCNc1ncnc(NC2CCSCC2)c1C. The third-order valence-electron chi connectivity index (χ3n) is 2.99. The van der Waals surface area contributed by atoms with Gasteiger partial charge in [0.2, 0.25) is 0 Å². The molecular formula is C12H20N4S. The van der Waals surface area contributed by atoms with Gasteiger partial charge in [-0.25, -0.2) is 9.97 Å². The number of hydrogen-bond donors (Lipinski definition) is 2. The first-order valence-electron chi connectivity index (χ1n) is 6.21. The van der Waals surface area contributed by atoms with E-state index in [0.29, 0.717) is 6.04 Å². The molecule has 1 fully saturated rings. The molecule has 94 valence electrons. The van der Waals surface area contributed by atoms with E-state index in [1.54, 1.807) is 6.33 Å². The van der Waals surface area contributed by atoms with Gasteiger partial charge in [0.25, 0.3) is 0 Å². The lowest BCUT2D eigenvalue weighted by molar-refractivity contribution is 0.662. The average molecular weight is 252 g/mol. The second-order valence-corrected chi connectivity index (χ2v) is 5.48. The summed E-state index contributed by atoms with van der Waals surface area (Å²) in [6, 6.07) is 0.569. The summed E-state index contributed by atoms with van der Waals surface area (Å²) in [7, 11) is 0. The summed E-state index contributed by atoms with van der Waals surface area (Å²) in [5, 5.41) is 6.80. The molecule has 0 unspecified atom stereocenters. The van der Waals surface area contributed by atoms with E-state index in [1.165, 1.54) is 24.3 Å². The lowest BCUT2D eigenvalue weighted by Crippen LogP contribution is -2.25. The van der Waals surface area contributed by atoms with Crippen molar-refractivity contribution in [3.63, 3.8) is 0 Å². The highest BCUT2D eigenvalue weighted by molar-refractivity contribution is 7.99. The van der Waals surface area contributed by atoms with Crippen LogP contribution in [-0.2, 0) is 0 Å². The molecule has 2 heterocycles. The van der Waals surface area contributed by atoms with Crippen LogP contribution < -0.4 is 10.6 Å².